The Labute approximate surface area is 211 Å². The predicted octanol–water partition coefficient (Wildman–Crippen LogP) is 7.33. The fraction of sp³-hybridized carbons (Fsp3) is 0.167. The summed E-state index contributed by atoms with van der Waals surface area (Å²) in [6.45, 7) is 6.07. The predicted molar refractivity (Wildman–Crippen MR) is 144 cm³/mol. The Morgan fingerprint density at radius 2 is 1.57 bits per heavy atom. The quantitative estimate of drug-likeness (QED) is 0.283. The van der Waals surface area contributed by atoms with Crippen molar-refractivity contribution in [1.29, 1.82) is 5.26 Å². The molecule has 0 aliphatic carbocycles. The molecular weight excluding hydrogens is 450 g/mol. The van der Waals surface area contributed by atoms with E-state index in [0.29, 0.717) is 22.8 Å². The van der Waals surface area contributed by atoms with E-state index in [2.05, 4.69) is 17.5 Å². The van der Waals surface area contributed by atoms with Crippen LogP contribution in [0, 0.1) is 32.1 Å². The molecule has 5 heteroatoms. The maximum Gasteiger partial charge on any atom is 0.225 e. The minimum Gasteiger partial charge on any atom is -0.326 e. The summed E-state index contributed by atoms with van der Waals surface area (Å²) in [4.78, 5) is 17.4. The summed E-state index contributed by atoms with van der Waals surface area (Å²) in [5.74, 6) is 0.461. The zero-order valence-corrected chi connectivity index (χ0v) is 20.9. The molecule has 0 atom stereocenters. The van der Waals surface area contributed by atoms with Gasteiger partial charge in [0.15, 0.2) is 0 Å². The van der Waals surface area contributed by atoms with E-state index in [1.165, 1.54) is 11.8 Å². The molecule has 0 aliphatic heterocycles. The molecule has 0 saturated carbocycles. The molecule has 3 aromatic carbocycles. The van der Waals surface area contributed by atoms with Crippen LogP contribution in [0.5, 0.6) is 0 Å². The number of anilines is 1. The van der Waals surface area contributed by atoms with Gasteiger partial charge in [-0.2, -0.15) is 5.26 Å². The Morgan fingerprint density at radius 1 is 0.886 bits per heavy atom. The molecule has 0 fully saturated rings. The summed E-state index contributed by atoms with van der Waals surface area (Å²) in [7, 11) is 0. The average Bonchev–Trinajstić information content (AvgIpc) is 2.84. The summed E-state index contributed by atoms with van der Waals surface area (Å²) in [6, 6.07) is 28.5. The van der Waals surface area contributed by atoms with Crippen molar-refractivity contribution in [2.45, 2.75) is 32.2 Å². The molecular formula is C30H27N3OS. The van der Waals surface area contributed by atoms with E-state index in [1.807, 2.05) is 93.6 Å². The number of nitrogens with one attached hydrogen (secondary N) is 1. The van der Waals surface area contributed by atoms with Gasteiger partial charge in [0.2, 0.25) is 5.91 Å². The normalized spacial score (nSPS) is 10.6. The Balaban J connectivity index is 1.59. The molecule has 1 N–H and O–H groups in total. The Morgan fingerprint density at radius 3 is 2.23 bits per heavy atom. The molecule has 35 heavy (non-hydrogen) atoms. The van der Waals surface area contributed by atoms with Crippen molar-refractivity contribution in [3.05, 3.63) is 101 Å². The zero-order valence-electron chi connectivity index (χ0n) is 20.1. The van der Waals surface area contributed by atoms with Crippen molar-refractivity contribution in [3.8, 4) is 28.5 Å². The SMILES string of the molecule is Cc1ccc(-c2cc(-c3ccccc3)nc(SCCC(=O)Nc3cc(C)cc(C)c3)c2C#N)cc1. The van der Waals surface area contributed by atoms with Gasteiger partial charge in [0, 0.05) is 29.0 Å². The highest BCUT2D eigenvalue weighted by molar-refractivity contribution is 7.99. The van der Waals surface area contributed by atoms with Crippen molar-refractivity contribution in [2.24, 2.45) is 0 Å². The number of benzene rings is 3. The summed E-state index contributed by atoms with van der Waals surface area (Å²) >= 11 is 1.44. The van der Waals surface area contributed by atoms with Crippen molar-refractivity contribution in [1.82, 2.24) is 4.98 Å². The van der Waals surface area contributed by atoms with Crippen LogP contribution in [0.15, 0.2) is 83.9 Å². The Kier molecular flexibility index (Phi) is 7.64. The number of nitrogens with zero attached hydrogens (tertiary/aromatic N) is 2. The van der Waals surface area contributed by atoms with Gasteiger partial charge in [-0.05, 0) is 55.7 Å². The minimum absolute atomic E-state index is 0.0565. The van der Waals surface area contributed by atoms with Crippen LogP contribution in [0.4, 0.5) is 5.69 Å². The lowest BCUT2D eigenvalue weighted by Gasteiger charge is -2.13. The number of aromatic nitrogens is 1. The zero-order chi connectivity index (χ0) is 24.8. The number of nitriles is 1. The highest BCUT2D eigenvalue weighted by Gasteiger charge is 2.16. The maximum atomic E-state index is 12.6. The number of hydrogen-bond donors (Lipinski definition) is 1. The molecule has 0 radical (unpaired) electrons. The molecule has 174 valence electrons. The molecule has 0 spiro atoms. The van der Waals surface area contributed by atoms with E-state index < -0.39 is 0 Å². The minimum atomic E-state index is -0.0565. The number of carbonyl (C=O) groups is 1. The number of amides is 1. The molecule has 4 nitrogen and oxygen atoms in total. The van der Waals surface area contributed by atoms with Gasteiger partial charge in [-0.3, -0.25) is 4.79 Å². The average molecular weight is 478 g/mol. The van der Waals surface area contributed by atoms with Crippen LogP contribution in [-0.4, -0.2) is 16.6 Å². The molecule has 0 aliphatic rings. The standard InChI is InChI=1S/C30H27N3OS/c1-20-9-11-23(12-10-20)26-18-28(24-7-5-4-6-8-24)33-30(27(26)19-31)35-14-13-29(34)32-25-16-21(2)15-22(3)17-25/h4-12,15-18H,13-14H2,1-3H3,(H,32,34). The molecule has 0 unspecified atom stereocenters. The summed E-state index contributed by atoms with van der Waals surface area (Å²) in [5, 5.41) is 13.7. The summed E-state index contributed by atoms with van der Waals surface area (Å²) in [5.41, 5.74) is 8.34. The lowest BCUT2D eigenvalue weighted by molar-refractivity contribution is -0.115. The van der Waals surface area contributed by atoms with E-state index in [-0.39, 0.29) is 5.91 Å². The number of pyridine rings is 1. The van der Waals surface area contributed by atoms with E-state index in [4.69, 9.17) is 4.98 Å². The highest BCUT2D eigenvalue weighted by atomic mass is 32.2. The first kappa shape index (κ1) is 24.3. The van der Waals surface area contributed by atoms with Gasteiger partial charge in [-0.1, -0.05) is 66.2 Å². The number of carbonyl (C=O) groups excluding carboxylic acids is 1. The van der Waals surface area contributed by atoms with Crippen molar-refractivity contribution < 1.29 is 4.79 Å². The van der Waals surface area contributed by atoms with Crippen LogP contribution in [-0.2, 0) is 4.79 Å². The summed E-state index contributed by atoms with van der Waals surface area (Å²) in [6.07, 6.45) is 0.319. The third kappa shape index (κ3) is 6.17. The Hall–Kier alpha value is -3.88. The number of rotatable bonds is 7. The van der Waals surface area contributed by atoms with Crippen LogP contribution >= 0.6 is 11.8 Å². The van der Waals surface area contributed by atoms with Gasteiger partial charge in [-0.25, -0.2) is 4.98 Å². The lowest BCUT2D eigenvalue weighted by Crippen LogP contribution is -2.12. The smallest absolute Gasteiger partial charge is 0.225 e. The molecule has 4 aromatic rings. The fourth-order valence-electron chi connectivity index (χ4n) is 3.96. The summed E-state index contributed by atoms with van der Waals surface area (Å²) < 4.78 is 0. The first-order valence-corrected chi connectivity index (χ1v) is 12.5. The van der Waals surface area contributed by atoms with Gasteiger partial charge < -0.3 is 5.32 Å². The van der Waals surface area contributed by atoms with Gasteiger partial charge in [0.25, 0.3) is 0 Å². The largest absolute Gasteiger partial charge is 0.326 e. The highest BCUT2D eigenvalue weighted by Crippen LogP contribution is 2.34. The second kappa shape index (κ2) is 11.0. The number of hydrogen-bond acceptors (Lipinski definition) is 4. The van der Waals surface area contributed by atoms with E-state index >= 15 is 0 Å². The maximum absolute atomic E-state index is 12.6. The van der Waals surface area contributed by atoms with Crippen LogP contribution in [0.2, 0.25) is 0 Å². The van der Waals surface area contributed by atoms with Crippen molar-refractivity contribution in [2.75, 3.05) is 11.1 Å². The molecule has 1 heterocycles. The van der Waals surface area contributed by atoms with Crippen LogP contribution in [0.3, 0.4) is 0 Å². The molecule has 0 saturated heterocycles. The molecule has 4 rings (SSSR count). The van der Waals surface area contributed by atoms with Gasteiger partial charge in [0.05, 0.1) is 11.3 Å². The van der Waals surface area contributed by atoms with Gasteiger partial charge in [0.1, 0.15) is 11.1 Å². The number of thioether (sulfide) groups is 1. The second-order valence-corrected chi connectivity index (χ2v) is 9.69. The topological polar surface area (TPSA) is 65.8 Å². The monoisotopic (exact) mass is 477 g/mol. The number of aryl methyl sites for hydroxylation is 3. The first-order chi connectivity index (χ1) is 16.9. The third-order valence-electron chi connectivity index (χ3n) is 5.60. The molecule has 0 bridgehead atoms. The Bertz CT molecular complexity index is 1370. The van der Waals surface area contributed by atoms with Crippen LogP contribution in [0.25, 0.3) is 22.4 Å². The van der Waals surface area contributed by atoms with Crippen LogP contribution < -0.4 is 5.32 Å². The molecule has 1 amide bonds. The lowest BCUT2D eigenvalue weighted by atomic mass is 9.98. The second-order valence-electron chi connectivity index (χ2n) is 8.60. The van der Waals surface area contributed by atoms with Gasteiger partial charge in [-0.15, -0.1) is 11.8 Å². The van der Waals surface area contributed by atoms with Crippen molar-refractivity contribution in [3.63, 3.8) is 0 Å². The first-order valence-electron chi connectivity index (χ1n) is 11.5. The fourth-order valence-corrected chi connectivity index (χ4v) is 4.91. The third-order valence-corrected chi connectivity index (χ3v) is 6.58. The molecule has 1 aromatic heterocycles. The van der Waals surface area contributed by atoms with E-state index in [9.17, 15) is 10.1 Å². The van der Waals surface area contributed by atoms with E-state index in [1.54, 1.807) is 0 Å². The van der Waals surface area contributed by atoms with Crippen molar-refractivity contribution >= 4 is 23.4 Å². The van der Waals surface area contributed by atoms with Gasteiger partial charge >= 0.3 is 0 Å². The van der Waals surface area contributed by atoms with E-state index in [0.717, 1.165) is 44.8 Å². The van der Waals surface area contributed by atoms with Crippen LogP contribution in [0.1, 0.15) is 28.7 Å².